The lowest BCUT2D eigenvalue weighted by molar-refractivity contribution is 0.669. The third-order valence-corrected chi connectivity index (χ3v) is 11.1. The Kier molecular flexibility index (Phi) is 9.10. The number of nitrogens with zero attached hydrogens (tertiary/aromatic N) is 4. The van der Waals surface area contributed by atoms with E-state index >= 15 is 0 Å². The fraction of sp³-hybridized carbons (Fsp3) is 0.0182. The second-order valence-electron chi connectivity index (χ2n) is 14.6. The number of rotatable bonds is 7. The van der Waals surface area contributed by atoms with Gasteiger partial charge in [0.15, 0.2) is 17.5 Å². The molecule has 0 N–H and O–H groups in total. The second kappa shape index (κ2) is 15.2. The van der Waals surface area contributed by atoms with Crippen molar-refractivity contribution in [2.24, 2.45) is 0 Å². The van der Waals surface area contributed by atoms with Crippen LogP contribution in [0.15, 0.2) is 192 Å². The Labute approximate surface area is 347 Å². The molecule has 280 valence electrons. The van der Waals surface area contributed by atoms with Crippen LogP contribution in [0.2, 0.25) is 0 Å². The molecular formula is C55H34N4O. The molecule has 60 heavy (non-hydrogen) atoms. The Morgan fingerprint density at radius 3 is 1.93 bits per heavy atom. The van der Waals surface area contributed by atoms with Gasteiger partial charge in [0.25, 0.3) is 0 Å². The highest BCUT2D eigenvalue weighted by Gasteiger charge is 2.19. The minimum Gasteiger partial charge on any atom is -0.456 e. The maximum Gasteiger partial charge on any atom is 0.164 e. The average Bonchev–Trinajstić information content (AvgIpc) is 3.70. The van der Waals surface area contributed by atoms with Crippen molar-refractivity contribution in [3.63, 3.8) is 0 Å². The summed E-state index contributed by atoms with van der Waals surface area (Å²) in [5, 5.41) is 16.4. The third kappa shape index (κ3) is 6.38. The monoisotopic (exact) mass is 766 g/mol. The summed E-state index contributed by atoms with van der Waals surface area (Å²) in [7, 11) is 0. The van der Waals surface area contributed by atoms with Crippen LogP contribution in [0.3, 0.4) is 0 Å². The van der Waals surface area contributed by atoms with Crippen LogP contribution >= 0.6 is 0 Å². The van der Waals surface area contributed by atoms with E-state index in [1.807, 2.05) is 67.6 Å². The highest BCUT2D eigenvalue weighted by Crippen LogP contribution is 2.40. The van der Waals surface area contributed by atoms with Crippen LogP contribution in [0.25, 0.3) is 105 Å². The predicted molar refractivity (Wildman–Crippen MR) is 245 cm³/mol. The minimum atomic E-state index is 0.483. The van der Waals surface area contributed by atoms with Gasteiger partial charge in [-0.25, -0.2) is 15.0 Å². The first kappa shape index (κ1) is 36.0. The molecule has 0 spiro atoms. The van der Waals surface area contributed by atoms with E-state index < -0.39 is 0 Å². The molecule has 0 aliphatic heterocycles. The van der Waals surface area contributed by atoms with Gasteiger partial charge in [-0.3, -0.25) is 0 Å². The number of nitriles is 1. The lowest BCUT2D eigenvalue weighted by Gasteiger charge is -2.13. The standard InChI is InChI=1S/C55H34N4O/c1-3-14-43(35(4-2)34-56)39-18-12-19-41(31-39)53-57-54(59-55(58-53)49-32-40-17-8-9-20-44(40)46-21-10-11-22-47(46)49)42-29-30-48-51(33-42)60-50-24-13-23-45(52(48)50)38-27-25-37(26-28-38)36-15-6-5-7-16-36/h1,4-33H,2H3/b35-4-,43-14+. The van der Waals surface area contributed by atoms with Gasteiger partial charge in [-0.1, -0.05) is 152 Å². The number of allylic oxidation sites excluding steroid dienone is 4. The van der Waals surface area contributed by atoms with Gasteiger partial charge in [0, 0.05) is 33.0 Å². The van der Waals surface area contributed by atoms with Crippen LogP contribution in [-0.2, 0) is 0 Å². The molecule has 0 atom stereocenters. The van der Waals surface area contributed by atoms with Gasteiger partial charge in [-0.05, 0) is 92.7 Å². The van der Waals surface area contributed by atoms with Crippen molar-refractivity contribution < 1.29 is 4.42 Å². The first-order valence-corrected chi connectivity index (χ1v) is 19.7. The molecular weight excluding hydrogens is 733 g/mol. The SMILES string of the molecule is C#C/C=C(\C(C#N)=C/C)c1cccc(-c2nc(-c3ccc4c(c3)oc3cccc(-c5ccc(-c6ccccc6)cc5)c34)nc(-c3cc4ccccc4c4ccccc34)n2)c1. The highest BCUT2D eigenvalue weighted by molar-refractivity contribution is 6.14. The molecule has 0 aliphatic carbocycles. The minimum absolute atomic E-state index is 0.483. The van der Waals surface area contributed by atoms with Gasteiger partial charge >= 0.3 is 0 Å². The molecule has 0 saturated heterocycles. The molecule has 10 aromatic rings. The Balaban J connectivity index is 1.14. The quantitative estimate of drug-likeness (QED) is 0.0699. The Morgan fingerprint density at radius 2 is 1.17 bits per heavy atom. The maximum absolute atomic E-state index is 9.93. The van der Waals surface area contributed by atoms with Crippen molar-refractivity contribution in [1.82, 2.24) is 15.0 Å². The summed E-state index contributed by atoms with van der Waals surface area (Å²) in [4.78, 5) is 15.5. The molecule has 0 fully saturated rings. The van der Waals surface area contributed by atoms with E-state index in [-0.39, 0.29) is 0 Å². The van der Waals surface area contributed by atoms with E-state index in [0.29, 0.717) is 28.6 Å². The van der Waals surface area contributed by atoms with Gasteiger partial charge < -0.3 is 4.42 Å². The number of hydrogen-bond acceptors (Lipinski definition) is 5. The molecule has 2 heterocycles. The van der Waals surface area contributed by atoms with E-state index in [1.165, 1.54) is 11.1 Å². The third-order valence-electron chi connectivity index (χ3n) is 11.1. The fourth-order valence-corrected chi connectivity index (χ4v) is 8.18. The molecule has 0 bridgehead atoms. The zero-order valence-electron chi connectivity index (χ0n) is 32.6. The molecule has 5 nitrogen and oxygen atoms in total. The molecule has 0 amide bonds. The van der Waals surface area contributed by atoms with E-state index in [2.05, 4.69) is 121 Å². The zero-order chi connectivity index (χ0) is 40.6. The first-order chi connectivity index (χ1) is 29.6. The number of benzene rings is 8. The van der Waals surface area contributed by atoms with Crippen molar-refractivity contribution in [2.75, 3.05) is 0 Å². The largest absolute Gasteiger partial charge is 0.456 e. The Hall–Kier alpha value is -8.38. The number of aromatic nitrogens is 3. The number of terminal acetylenes is 1. The van der Waals surface area contributed by atoms with Crippen molar-refractivity contribution in [1.29, 1.82) is 5.26 Å². The smallest absolute Gasteiger partial charge is 0.164 e. The molecule has 2 aromatic heterocycles. The summed E-state index contributed by atoms with van der Waals surface area (Å²) >= 11 is 0. The molecule has 0 unspecified atom stereocenters. The van der Waals surface area contributed by atoms with Crippen LogP contribution in [0, 0.1) is 23.7 Å². The van der Waals surface area contributed by atoms with Crippen LogP contribution in [0.1, 0.15) is 12.5 Å². The average molecular weight is 767 g/mol. The van der Waals surface area contributed by atoms with Crippen LogP contribution in [0.5, 0.6) is 0 Å². The summed E-state index contributed by atoms with van der Waals surface area (Å²) in [5.74, 6) is 4.14. The highest BCUT2D eigenvalue weighted by atomic mass is 16.3. The summed E-state index contributed by atoms with van der Waals surface area (Å²) in [6.07, 6.45) is 9.12. The maximum atomic E-state index is 9.93. The summed E-state index contributed by atoms with van der Waals surface area (Å²) in [6, 6.07) is 60.5. The summed E-state index contributed by atoms with van der Waals surface area (Å²) < 4.78 is 6.59. The van der Waals surface area contributed by atoms with Crippen LogP contribution in [0.4, 0.5) is 0 Å². The van der Waals surface area contributed by atoms with E-state index in [9.17, 15) is 5.26 Å². The van der Waals surface area contributed by atoms with Crippen molar-refractivity contribution in [2.45, 2.75) is 6.92 Å². The Morgan fingerprint density at radius 1 is 0.533 bits per heavy atom. The second-order valence-corrected chi connectivity index (χ2v) is 14.6. The molecule has 10 rings (SSSR count). The summed E-state index contributed by atoms with van der Waals surface area (Å²) in [6.45, 7) is 1.83. The fourth-order valence-electron chi connectivity index (χ4n) is 8.18. The number of furan rings is 1. The number of hydrogen-bond donors (Lipinski definition) is 0. The van der Waals surface area contributed by atoms with Gasteiger partial charge in [0.1, 0.15) is 11.2 Å². The lowest BCUT2D eigenvalue weighted by atomic mass is 9.96. The topological polar surface area (TPSA) is 75.6 Å². The lowest BCUT2D eigenvalue weighted by Crippen LogP contribution is -2.01. The molecule has 0 saturated carbocycles. The Bertz CT molecular complexity index is 3450. The summed E-state index contributed by atoms with van der Waals surface area (Å²) in [5.41, 5.74) is 10.5. The van der Waals surface area contributed by atoms with Crippen molar-refractivity contribution in [3.8, 4) is 74.8 Å². The molecule has 0 aliphatic rings. The van der Waals surface area contributed by atoms with Crippen molar-refractivity contribution >= 4 is 49.1 Å². The van der Waals surface area contributed by atoms with Crippen molar-refractivity contribution in [3.05, 3.63) is 193 Å². The van der Waals surface area contributed by atoms with Gasteiger partial charge in [-0.2, -0.15) is 5.26 Å². The zero-order valence-corrected chi connectivity index (χ0v) is 32.6. The molecule has 5 heteroatoms. The van der Waals surface area contributed by atoms with Gasteiger partial charge in [0.2, 0.25) is 0 Å². The van der Waals surface area contributed by atoms with Crippen LogP contribution < -0.4 is 0 Å². The van der Waals surface area contributed by atoms with E-state index in [0.717, 1.165) is 76.9 Å². The normalized spacial score (nSPS) is 11.9. The van der Waals surface area contributed by atoms with E-state index in [4.69, 9.17) is 25.8 Å². The van der Waals surface area contributed by atoms with Gasteiger partial charge in [0.05, 0.1) is 11.6 Å². The molecule has 8 aromatic carbocycles. The molecule has 0 radical (unpaired) electrons. The van der Waals surface area contributed by atoms with Gasteiger partial charge in [-0.15, -0.1) is 6.42 Å². The number of fused-ring (bicyclic) bond motifs is 6. The first-order valence-electron chi connectivity index (χ1n) is 19.7. The van der Waals surface area contributed by atoms with Crippen LogP contribution in [-0.4, -0.2) is 15.0 Å². The van der Waals surface area contributed by atoms with E-state index in [1.54, 1.807) is 12.2 Å². The predicted octanol–water partition coefficient (Wildman–Crippen LogP) is 13.9.